The van der Waals surface area contributed by atoms with Crippen LogP contribution in [0, 0.1) is 5.41 Å². The lowest BCUT2D eigenvalue weighted by atomic mass is 9.57. The van der Waals surface area contributed by atoms with E-state index in [0.29, 0.717) is 12.1 Å². The molecule has 1 heterocycles. The monoisotopic (exact) mass is 419 g/mol. The molecular weight excluding hydrogens is 386 g/mol. The highest BCUT2D eigenvalue weighted by atomic mass is 16.7. The van der Waals surface area contributed by atoms with Crippen LogP contribution in [-0.4, -0.2) is 56.2 Å². The van der Waals surface area contributed by atoms with Crippen LogP contribution in [0.5, 0.6) is 0 Å². The van der Waals surface area contributed by atoms with Crippen LogP contribution in [0.3, 0.4) is 0 Å². The number of methoxy groups -OCH3 is 3. The number of likely N-dealkylation sites (tertiary alicyclic amines) is 1. The highest BCUT2D eigenvalue weighted by Crippen LogP contribution is 2.59. The first-order chi connectivity index (χ1) is 14.1. The second-order valence-electron chi connectivity index (χ2n) is 9.43. The largest absolute Gasteiger partial charge is 0.465 e. The fourth-order valence-electron chi connectivity index (χ4n) is 4.72. The zero-order chi connectivity index (χ0) is 22.2. The predicted octanol–water partition coefficient (Wildman–Crippen LogP) is 4.31. The van der Waals surface area contributed by atoms with Crippen molar-refractivity contribution in [3.05, 3.63) is 35.4 Å². The lowest BCUT2D eigenvalue weighted by Crippen LogP contribution is -2.59. The van der Waals surface area contributed by atoms with Crippen molar-refractivity contribution in [2.24, 2.45) is 5.41 Å². The number of esters is 1. The number of ether oxygens (including phenoxy) is 4. The average molecular weight is 420 g/mol. The Morgan fingerprint density at radius 3 is 2.13 bits per heavy atom. The normalized spacial score (nSPS) is 22.3. The van der Waals surface area contributed by atoms with E-state index in [2.05, 4.69) is 0 Å². The number of hydrogen-bond acceptors (Lipinski definition) is 6. The molecule has 1 aromatic carbocycles. The van der Waals surface area contributed by atoms with E-state index in [1.165, 1.54) is 7.11 Å². The molecule has 0 aromatic heterocycles. The van der Waals surface area contributed by atoms with E-state index in [1.807, 2.05) is 37.8 Å². The molecule has 1 saturated heterocycles. The number of rotatable bonds is 4. The topological polar surface area (TPSA) is 74.3 Å². The van der Waals surface area contributed by atoms with Gasteiger partial charge < -0.3 is 23.8 Å². The van der Waals surface area contributed by atoms with Gasteiger partial charge in [0.2, 0.25) is 0 Å². The Morgan fingerprint density at radius 1 is 1.03 bits per heavy atom. The van der Waals surface area contributed by atoms with Gasteiger partial charge >= 0.3 is 12.1 Å². The minimum Gasteiger partial charge on any atom is -0.465 e. The molecule has 0 unspecified atom stereocenters. The van der Waals surface area contributed by atoms with Gasteiger partial charge in [0.1, 0.15) is 5.60 Å². The minimum absolute atomic E-state index is 0.0518. The van der Waals surface area contributed by atoms with Gasteiger partial charge in [0.25, 0.3) is 0 Å². The Kier molecular flexibility index (Phi) is 6.16. The lowest BCUT2D eigenvalue weighted by molar-refractivity contribution is -0.305. The molecule has 7 heteroatoms. The molecule has 1 amide bonds. The van der Waals surface area contributed by atoms with Crippen LogP contribution in [0.1, 0.15) is 68.4 Å². The molecule has 0 N–H and O–H groups in total. The summed E-state index contributed by atoms with van der Waals surface area (Å²) in [5.41, 5.74) is 0.941. The SMILES string of the molecule is COC(=O)c1ccc([C@H]2CC3(CCN2C(=O)OC(C)(C)C)CC(OC)(OC)C3)cc1. The minimum atomic E-state index is -0.566. The zero-order valence-corrected chi connectivity index (χ0v) is 18.8. The predicted molar refractivity (Wildman–Crippen MR) is 111 cm³/mol. The van der Waals surface area contributed by atoms with E-state index >= 15 is 0 Å². The third-order valence-corrected chi connectivity index (χ3v) is 6.26. The van der Waals surface area contributed by atoms with Crippen molar-refractivity contribution in [2.75, 3.05) is 27.9 Å². The van der Waals surface area contributed by atoms with E-state index in [-0.39, 0.29) is 23.5 Å². The highest BCUT2D eigenvalue weighted by molar-refractivity contribution is 5.89. The summed E-state index contributed by atoms with van der Waals surface area (Å²) in [6.07, 6.45) is 2.94. The smallest absolute Gasteiger partial charge is 0.410 e. The number of nitrogens with zero attached hydrogens (tertiary/aromatic N) is 1. The van der Waals surface area contributed by atoms with Gasteiger partial charge in [-0.3, -0.25) is 0 Å². The number of piperidine rings is 1. The third-order valence-electron chi connectivity index (χ3n) is 6.26. The van der Waals surface area contributed by atoms with Gasteiger partial charge in [0, 0.05) is 33.6 Å². The van der Waals surface area contributed by atoms with Crippen molar-refractivity contribution in [1.29, 1.82) is 0 Å². The summed E-state index contributed by atoms with van der Waals surface area (Å²) < 4.78 is 21.7. The number of amides is 1. The molecule has 1 saturated carbocycles. The molecule has 1 aliphatic carbocycles. The Bertz CT molecular complexity index is 770. The van der Waals surface area contributed by atoms with Gasteiger partial charge in [-0.05, 0) is 56.7 Å². The number of hydrogen-bond donors (Lipinski definition) is 0. The zero-order valence-electron chi connectivity index (χ0n) is 18.8. The average Bonchev–Trinajstić information content (AvgIpc) is 2.69. The van der Waals surface area contributed by atoms with E-state index < -0.39 is 11.4 Å². The van der Waals surface area contributed by atoms with Crippen LogP contribution in [-0.2, 0) is 18.9 Å². The maximum absolute atomic E-state index is 13.0. The maximum atomic E-state index is 13.0. The molecule has 1 spiro atoms. The summed E-state index contributed by atoms with van der Waals surface area (Å²) in [5.74, 6) is -0.914. The summed E-state index contributed by atoms with van der Waals surface area (Å²) in [6, 6.07) is 7.13. The fourth-order valence-corrected chi connectivity index (χ4v) is 4.72. The van der Waals surface area contributed by atoms with Crippen molar-refractivity contribution >= 4 is 12.1 Å². The summed E-state index contributed by atoms with van der Waals surface area (Å²) in [7, 11) is 4.71. The number of carbonyl (C=O) groups excluding carboxylic acids is 2. The molecule has 166 valence electrons. The molecule has 0 bridgehead atoms. The lowest BCUT2D eigenvalue weighted by Gasteiger charge is -2.58. The van der Waals surface area contributed by atoms with Gasteiger partial charge in [-0.2, -0.15) is 0 Å². The Morgan fingerprint density at radius 2 is 1.63 bits per heavy atom. The van der Waals surface area contributed by atoms with E-state index in [1.54, 1.807) is 26.4 Å². The van der Waals surface area contributed by atoms with Crippen LogP contribution >= 0.6 is 0 Å². The van der Waals surface area contributed by atoms with Crippen LogP contribution < -0.4 is 0 Å². The van der Waals surface area contributed by atoms with Crippen LogP contribution in [0.15, 0.2) is 24.3 Å². The first-order valence-corrected chi connectivity index (χ1v) is 10.3. The molecule has 0 radical (unpaired) electrons. The van der Waals surface area contributed by atoms with E-state index in [0.717, 1.165) is 31.2 Å². The quantitative estimate of drug-likeness (QED) is 0.535. The summed E-state index contributed by atoms with van der Waals surface area (Å²) in [4.78, 5) is 26.6. The van der Waals surface area contributed by atoms with Crippen molar-refractivity contribution < 1.29 is 28.5 Å². The van der Waals surface area contributed by atoms with Crippen LogP contribution in [0.4, 0.5) is 4.79 Å². The van der Waals surface area contributed by atoms with E-state index in [9.17, 15) is 9.59 Å². The van der Waals surface area contributed by atoms with Crippen LogP contribution in [0.2, 0.25) is 0 Å². The standard InChI is InChI=1S/C23H33NO6/c1-21(2,3)30-20(26)24-12-11-22(14-23(15-22,28-5)29-6)13-18(24)16-7-9-17(10-8-16)19(25)27-4/h7-10,18H,11-15H2,1-6H3/t18-/m1/s1. The van der Waals surface area contributed by atoms with E-state index in [4.69, 9.17) is 18.9 Å². The van der Waals surface area contributed by atoms with Crippen molar-refractivity contribution in [1.82, 2.24) is 4.90 Å². The first-order valence-electron chi connectivity index (χ1n) is 10.3. The third kappa shape index (κ3) is 4.47. The van der Waals surface area contributed by atoms with Crippen molar-refractivity contribution in [3.8, 4) is 0 Å². The first kappa shape index (κ1) is 22.6. The van der Waals surface area contributed by atoms with Gasteiger partial charge in [-0.25, -0.2) is 9.59 Å². The molecule has 1 atom stereocenters. The fraction of sp³-hybridized carbons (Fsp3) is 0.652. The van der Waals surface area contributed by atoms with Gasteiger partial charge in [0.05, 0.1) is 18.7 Å². The van der Waals surface area contributed by atoms with Gasteiger partial charge in [0.15, 0.2) is 5.79 Å². The second kappa shape index (κ2) is 8.19. The number of carbonyl (C=O) groups is 2. The Hall–Kier alpha value is -2.12. The van der Waals surface area contributed by atoms with Crippen LogP contribution in [0.25, 0.3) is 0 Å². The van der Waals surface area contributed by atoms with Crippen molar-refractivity contribution in [3.63, 3.8) is 0 Å². The molecule has 2 aliphatic rings. The molecule has 3 rings (SSSR count). The summed E-state index contributed by atoms with van der Waals surface area (Å²) in [5, 5.41) is 0. The molecule has 2 fully saturated rings. The Balaban J connectivity index is 1.86. The highest BCUT2D eigenvalue weighted by Gasteiger charge is 2.58. The Labute approximate surface area is 178 Å². The molecule has 1 aliphatic heterocycles. The molecule has 1 aromatic rings. The van der Waals surface area contributed by atoms with Crippen molar-refractivity contribution in [2.45, 2.75) is 63.9 Å². The molecule has 7 nitrogen and oxygen atoms in total. The summed E-state index contributed by atoms with van der Waals surface area (Å²) >= 11 is 0. The molecule has 30 heavy (non-hydrogen) atoms. The van der Waals surface area contributed by atoms with Gasteiger partial charge in [-0.1, -0.05) is 12.1 Å². The molecular formula is C23H33NO6. The second-order valence-corrected chi connectivity index (χ2v) is 9.43. The maximum Gasteiger partial charge on any atom is 0.410 e. The number of benzene rings is 1. The summed E-state index contributed by atoms with van der Waals surface area (Å²) in [6.45, 7) is 6.21. The van der Waals surface area contributed by atoms with Gasteiger partial charge in [-0.15, -0.1) is 0 Å².